The number of carbonyl (C=O) groups excluding carboxylic acids is 1. The van der Waals surface area contributed by atoms with Crippen LogP contribution in [0.25, 0.3) is 6.08 Å². The SMILES string of the molecule is CCOc1ccc(/C=C/C(=O)Nc2nc3c(s2)CCC3)cc1OC. The van der Waals surface area contributed by atoms with E-state index in [1.54, 1.807) is 24.5 Å². The predicted octanol–water partition coefficient (Wildman–Crippen LogP) is 3.69. The van der Waals surface area contributed by atoms with Crippen LogP contribution in [0, 0.1) is 0 Å². The highest BCUT2D eigenvalue weighted by Gasteiger charge is 2.17. The van der Waals surface area contributed by atoms with Crippen LogP contribution in [-0.2, 0) is 17.6 Å². The molecule has 0 saturated carbocycles. The standard InChI is InChI=1S/C18H20N2O3S/c1-3-23-14-9-7-12(11-15(14)22-2)8-10-17(21)20-18-19-13-5-4-6-16(13)24-18/h7-11H,3-6H2,1-2H3,(H,19,20,21)/b10-8+. The van der Waals surface area contributed by atoms with Gasteiger partial charge in [-0.05, 0) is 50.0 Å². The van der Waals surface area contributed by atoms with Gasteiger partial charge in [0.05, 0.1) is 19.4 Å². The molecule has 0 radical (unpaired) electrons. The minimum absolute atomic E-state index is 0.185. The number of benzene rings is 1. The molecule has 24 heavy (non-hydrogen) atoms. The van der Waals surface area contributed by atoms with Crippen molar-refractivity contribution < 1.29 is 14.3 Å². The van der Waals surface area contributed by atoms with Gasteiger partial charge in [-0.3, -0.25) is 10.1 Å². The van der Waals surface area contributed by atoms with Gasteiger partial charge in [-0.1, -0.05) is 6.07 Å². The number of hydrogen-bond acceptors (Lipinski definition) is 5. The van der Waals surface area contributed by atoms with E-state index in [4.69, 9.17) is 9.47 Å². The molecular weight excluding hydrogens is 324 g/mol. The number of nitrogens with zero attached hydrogens (tertiary/aromatic N) is 1. The normalized spacial score (nSPS) is 13.1. The van der Waals surface area contributed by atoms with Crippen molar-refractivity contribution in [2.45, 2.75) is 26.2 Å². The van der Waals surface area contributed by atoms with Gasteiger partial charge in [0.2, 0.25) is 5.91 Å². The Hall–Kier alpha value is -2.34. The quantitative estimate of drug-likeness (QED) is 0.812. The summed E-state index contributed by atoms with van der Waals surface area (Å²) in [5.74, 6) is 1.16. The summed E-state index contributed by atoms with van der Waals surface area (Å²) in [6.45, 7) is 2.50. The van der Waals surface area contributed by atoms with Crippen molar-refractivity contribution in [2.75, 3.05) is 19.0 Å². The average Bonchev–Trinajstić information content (AvgIpc) is 3.15. The van der Waals surface area contributed by atoms with Crippen LogP contribution in [0.5, 0.6) is 11.5 Å². The van der Waals surface area contributed by atoms with E-state index in [0.29, 0.717) is 23.2 Å². The highest BCUT2D eigenvalue weighted by atomic mass is 32.1. The maximum atomic E-state index is 12.0. The van der Waals surface area contributed by atoms with Crippen molar-refractivity contribution in [3.05, 3.63) is 40.4 Å². The van der Waals surface area contributed by atoms with E-state index >= 15 is 0 Å². The summed E-state index contributed by atoms with van der Waals surface area (Å²) >= 11 is 1.57. The number of aryl methyl sites for hydroxylation is 2. The molecule has 1 N–H and O–H groups in total. The summed E-state index contributed by atoms with van der Waals surface area (Å²) in [5, 5.41) is 3.51. The van der Waals surface area contributed by atoms with Gasteiger partial charge in [0.15, 0.2) is 16.6 Å². The van der Waals surface area contributed by atoms with Gasteiger partial charge in [-0.2, -0.15) is 0 Å². The van der Waals surface area contributed by atoms with E-state index in [1.807, 2.05) is 25.1 Å². The Kier molecular flexibility index (Phi) is 5.15. The van der Waals surface area contributed by atoms with Gasteiger partial charge >= 0.3 is 0 Å². The lowest BCUT2D eigenvalue weighted by atomic mass is 10.2. The second kappa shape index (κ2) is 7.49. The Bertz CT molecular complexity index is 746. The molecule has 1 aliphatic rings. The fraction of sp³-hybridized carbons (Fsp3) is 0.333. The van der Waals surface area contributed by atoms with Crippen LogP contribution in [0.15, 0.2) is 24.3 Å². The summed E-state index contributed by atoms with van der Waals surface area (Å²) < 4.78 is 10.8. The molecule has 0 aliphatic heterocycles. The molecule has 1 aromatic carbocycles. The van der Waals surface area contributed by atoms with Crippen LogP contribution < -0.4 is 14.8 Å². The zero-order valence-electron chi connectivity index (χ0n) is 13.8. The van der Waals surface area contributed by atoms with E-state index in [-0.39, 0.29) is 5.91 Å². The molecule has 0 saturated heterocycles. The summed E-state index contributed by atoms with van der Waals surface area (Å²) in [7, 11) is 1.60. The van der Waals surface area contributed by atoms with Gasteiger partial charge in [0.25, 0.3) is 0 Å². The highest BCUT2D eigenvalue weighted by molar-refractivity contribution is 7.15. The van der Waals surface area contributed by atoms with Crippen molar-refractivity contribution in [1.82, 2.24) is 4.98 Å². The molecule has 0 atom stereocenters. The summed E-state index contributed by atoms with van der Waals surface area (Å²) in [6.07, 6.45) is 6.51. The number of aromatic nitrogens is 1. The third-order valence-corrected chi connectivity index (χ3v) is 4.81. The molecule has 5 nitrogen and oxygen atoms in total. The number of amides is 1. The Morgan fingerprint density at radius 3 is 3.00 bits per heavy atom. The summed E-state index contributed by atoms with van der Waals surface area (Å²) in [6, 6.07) is 5.56. The van der Waals surface area contributed by atoms with Crippen molar-refractivity contribution >= 4 is 28.5 Å². The lowest BCUT2D eigenvalue weighted by molar-refractivity contribution is -0.111. The van der Waals surface area contributed by atoms with Crippen molar-refractivity contribution in [3.63, 3.8) is 0 Å². The topological polar surface area (TPSA) is 60.5 Å². The number of methoxy groups -OCH3 is 1. The predicted molar refractivity (Wildman–Crippen MR) is 96.0 cm³/mol. The first kappa shape index (κ1) is 16.5. The van der Waals surface area contributed by atoms with Gasteiger partial charge < -0.3 is 9.47 Å². The van der Waals surface area contributed by atoms with Crippen LogP contribution in [0.4, 0.5) is 5.13 Å². The number of anilines is 1. The number of ether oxygens (including phenoxy) is 2. The van der Waals surface area contributed by atoms with Crippen molar-refractivity contribution in [2.24, 2.45) is 0 Å². The van der Waals surface area contributed by atoms with E-state index in [9.17, 15) is 4.79 Å². The lowest BCUT2D eigenvalue weighted by Crippen LogP contribution is -2.07. The number of fused-ring (bicyclic) bond motifs is 1. The van der Waals surface area contributed by atoms with Crippen molar-refractivity contribution in [3.8, 4) is 11.5 Å². The fourth-order valence-corrected chi connectivity index (χ4v) is 3.68. The van der Waals surface area contributed by atoms with Crippen LogP contribution >= 0.6 is 11.3 Å². The van der Waals surface area contributed by atoms with Gasteiger partial charge in [0, 0.05) is 11.0 Å². The smallest absolute Gasteiger partial charge is 0.250 e. The molecular formula is C18H20N2O3S. The lowest BCUT2D eigenvalue weighted by Gasteiger charge is -2.09. The second-order valence-corrected chi connectivity index (χ2v) is 6.49. The van der Waals surface area contributed by atoms with Crippen LogP contribution in [0.2, 0.25) is 0 Å². The summed E-state index contributed by atoms with van der Waals surface area (Å²) in [4.78, 5) is 17.8. The maximum Gasteiger partial charge on any atom is 0.250 e. The van der Waals surface area contributed by atoms with E-state index in [2.05, 4.69) is 10.3 Å². The molecule has 0 bridgehead atoms. The number of carbonyl (C=O) groups is 1. The summed E-state index contributed by atoms with van der Waals surface area (Å²) in [5.41, 5.74) is 2.00. The van der Waals surface area contributed by atoms with E-state index < -0.39 is 0 Å². The maximum absolute atomic E-state index is 12.0. The van der Waals surface area contributed by atoms with Crippen LogP contribution in [0.3, 0.4) is 0 Å². The van der Waals surface area contributed by atoms with Crippen LogP contribution in [0.1, 0.15) is 29.5 Å². The molecule has 1 heterocycles. The zero-order valence-corrected chi connectivity index (χ0v) is 14.6. The van der Waals surface area contributed by atoms with E-state index in [0.717, 1.165) is 24.1 Å². The molecule has 6 heteroatoms. The number of nitrogens with one attached hydrogen (secondary N) is 1. The molecule has 2 aromatic rings. The van der Waals surface area contributed by atoms with Crippen LogP contribution in [-0.4, -0.2) is 24.6 Å². The molecule has 126 valence electrons. The monoisotopic (exact) mass is 344 g/mol. The Morgan fingerprint density at radius 1 is 1.38 bits per heavy atom. The first-order valence-corrected chi connectivity index (χ1v) is 8.79. The number of rotatable bonds is 6. The van der Waals surface area contributed by atoms with Gasteiger partial charge in [0.1, 0.15) is 0 Å². The Labute approximate surface area is 145 Å². The highest BCUT2D eigenvalue weighted by Crippen LogP contribution is 2.30. The molecule has 1 amide bonds. The molecule has 0 unspecified atom stereocenters. The molecule has 1 aromatic heterocycles. The zero-order chi connectivity index (χ0) is 16.9. The molecule has 0 spiro atoms. The third-order valence-electron chi connectivity index (χ3n) is 3.74. The average molecular weight is 344 g/mol. The Morgan fingerprint density at radius 2 is 2.25 bits per heavy atom. The van der Waals surface area contributed by atoms with Crippen molar-refractivity contribution in [1.29, 1.82) is 0 Å². The molecule has 3 rings (SSSR count). The minimum Gasteiger partial charge on any atom is -0.493 e. The van der Waals surface area contributed by atoms with E-state index in [1.165, 1.54) is 17.4 Å². The van der Waals surface area contributed by atoms with Gasteiger partial charge in [-0.25, -0.2) is 4.98 Å². The Balaban J connectivity index is 1.64. The number of hydrogen-bond donors (Lipinski definition) is 1. The first-order chi connectivity index (χ1) is 11.7. The van der Waals surface area contributed by atoms with Gasteiger partial charge in [-0.15, -0.1) is 11.3 Å². The second-order valence-electron chi connectivity index (χ2n) is 5.41. The minimum atomic E-state index is -0.185. The largest absolute Gasteiger partial charge is 0.493 e. The third kappa shape index (κ3) is 3.76. The fourth-order valence-electron chi connectivity index (χ4n) is 2.63. The molecule has 0 fully saturated rings. The molecule has 1 aliphatic carbocycles. The first-order valence-electron chi connectivity index (χ1n) is 7.98. The number of thiazole rings is 1.